The Morgan fingerprint density at radius 2 is 1.92 bits per heavy atom. The summed E-state index contributed by atoms with van der Waals surface area (Å²) in [5, 5.41) is 9.84. The lowest BCUT2D eigenvalue weighted by Crippen LogP contribution is -1.83. The van der Waals surface area contributed by atoms with E-state index < -0.39 is 0 Å². The Bertz CT molecular complexity index is 1140. The van der Waals surface area contributed by atoms with Crippen molar-refractivity contribution in [3.8, 4) is 17.2 Å². The van der Waals surface area contributed by atoms with Crippen LogP contribution >= 0.6 is 15.9 Å². The minimum absolute atomic E-state index is 0.0915. The number of phenolic OH excluding ortho intramolecular Hbond substituents is 1. The fraction of sp³-hybridized carbons (Fsp3) is 0. The summed E-state index contributed by atoms with van der Waals surface area (Å²) in [5.41, 5.74) is 2.71. The highest BCUT2D eigenvalue weighted by molar-refractivity contribution is 9.10. The standard InChI is InChI=1S/C20H12BrFN2O2/c21-13-6-7-18(25)16(10-13)23-11-12-5-8-19-17(9-12)24-20(26-19)14-3-1-2-4-15(14)22/h1-11,25H. The number of halogens is 2. The first kappa shape index (κ1) is 16.5. The number of hydrogen-bond donors (Lipinski definition) is 1. The zero-order chi connectivity index (χ0) is 18.1. The lowest BCUT2D eigenvalue weighted by molar-refractivity contribution is 0.477. The second kappa shape index (κ2) is 6.72. The fourth-order valence-electron chi connectivity index (χ4n) is 2.52. The van der Waals surface area contributed by atoms with Gasteiger partial charge in [-0.15, -0.1) is 0 Å². The maximum Gasteiger partial charge on any atom is 0.230 e. The first-order valence-corrected chi connectivity index (χ1v) is 8.57. The molecular weight excluding hydrogens is 399 g/mol. The highest BCUT2D eigenvalue weighted by atomic mass is 79.9. The van der Waals surface area contributed by atoms with Crippen molar-refractivity contribution in [3.05, 3.63) is 76.5 Å². The minimum atomic E-state index is -0.383. The van der Waals surface area contributed by atoms with E-state index in [0.29, 0.717) is 22.4 Å². The van der Waals surface area contributed by atoms with Crippen molar-refractivity contribution in [3.63, 3.8) is 0 Å². The van der Waals surface area contributed by atoms with Crippen LogP contribution in [0.15, 0.2) is 74.5 Å². The van der Waals surface area contributed by atoms with Crippen LogP contribution in [0.4, 0.5) is 10.1 Å². The molecule has 4 rings (SSSR count). The number of phenols is 1. The molecule has 1 N–H and O–H groups in total. The summed E-state index contributed by atoms with van der Waals surface area (Å²) in [4.78, 5) is 8.67. The molecule has 0 aliphatic rings. The molecule has 0 amide bonds. The van der Waals surface area contributed by atoms with E-state index in [0.717, 1.165) is 10.0 Å². The summed E-state index contributed by atoms with van der Waals surface area (Å²) in [6.07, 6.45) is 1.62. The maximum atomic E-state index is 13.9. The number of aromatic hydroxyl groups is 1. The number of aromatic nitrogens is 1. The van der Waals surface area contributed by atoms with Crippen LogP contribution in [-0.2, 0) is 0 Å². The third-order valence-electron chi connectivity index (χ3n) is 3.81. The Kier molecular flexibility index (Phi) is 4.26. The molecule has 4 nitrogen and oxygen atoms in total. The number of rotatable bonds is 3. The summed E-state index contributed by atoms with van der Waals surface area (Å²) < 4.78 is 20.4. The minimum Gasteiger partial charge on any atom is -0.506 e. The highest BCUT2D eigenvalue weighted by Gasteiger charge is 2.12. The van der Waals surface area contributed by atoms with Gasteiger partial charge in [0.1, 0.15) is 22.8 Å². The number of fused-ring (bicyclic) bond motifs is 1. The van der Waals surface area contributed by atoms with E-state index in [2.05, 4.69) is 25.9 Å². The second-order valence-electron chi connectivity index (χ2n) is 5.62. The average molecular weight is 411 g/mol. The quantitative estimate of drug-likeness (QED) is 0.430. The fourth-order valence-corrected chi connectivity index (χ4v) is 2.87. The van der Waals surface area contributed by atoms with E-state index in [1.54, 1.807) is 54.7 Å². The summed E-state index contributed by atoms with van der Waals surface area (Å²) in [6, 6.07) is 16.7. The van der Waals surface area contributed by atoms with Crippen molar-refractivity contribution in [2.45, 2.75) is 0 Å². The lowest BCUT2D eigenvalue weighted by atomic mass is 10.2. The number of oxazole rings is 1. The molecule has 0 spiro atoms. The molecule has 1 heterocycles. The average Bonchev–Trinajstić information content (AvgIpc) is 3.06. The van der Waals surface area contributed by atoms with Crippen LogP contribution in [0.3, 0.4) is 0 Å². The molecule has 128 valence electrons. The van der Waals surface area contributed by atoms with Crippen molar-refractivity contribution >= 4 is 38.9 Å². The van der Waals surface area contributed by atoms with Crippen LogP contribution < -0.4 is 0 Å². The molecule has 0 atom stereocenters. The molecule has 6 heteroatoms. The SMILES string of the molecule is Oc1ccc(Br)cc1N=Cc1ccc2oc(-c3ccccc3F)nc2c1. The summed E-state index contributed by atoms with van der Waals surface area (Å²) in [6.45, 7) is 0. The number of hydrogen-bond acceptors (Lipinski definition) is 4. The number of benzene rings is 3. The summed E-state index contributed by atoms with van der Waals surface area (Å²) >= 11 is 3.35. The van der Waals surface area contributed by atoms with E-state index in [9.17, 15) is 9.50 Å². The molecule has 0 radical (unpaired) electrons. The van der Waals surface area contributed by atoms with Crippen LogP contribution in [0.5, 0.6) is 5.75 Å². The molecule has 0 fully saturated rings. The Hall–Kier alpha value is -2.99. The molecular formula is C20H12BrFN2O2. The van der Waals surface area contributed by atoms with Crippen molar-refractivity contribution in [1.82, 2.24) is 4.98 Å². The zero-order valence-electron chi connectivity index (χ0n) is 13.4. The van der Waals surface area contributed by atoms with Crippen molar-refractivity contribution < 1.29 is 13.9 Å². The second-order valence-corrected chi connectivity index (χ2v) is 6.53. The lowest BCUT2D eigenvalue weighted by Gasteiger charge is -1.99. The molecule has 26 heavy (non-hydrogen) atoms. The normalized spacial score (nSPS) is 11.5. The Morgan fingerprint density at radius 1 is 1.08 bits per heavy atom. The number of nitrogens with zero attached hydrogens (tertiary/aromatic N) is 2. The topological polar surface area (TPSA) is 58.6 Å². The van der Waals surface area contributed by atoms with E-state index >= 15 is 0 Å². The van der Waals surface area contributed by atoms with E-state index in [1.807, 2.05) is 6.07 Å². The van der Waals surface area contributed by atoms with Crippen LogP contribution in [-0.4, -0.2) is 16.3 Å². The molecule has 0 aliphatic carbocycles. The van der Waals surface area contributed by atoms with Gasteiger partial charge < -0.3 is 9.52 Å². The predicted octanol–water partition coefficient (Wildman–Crippen LogP) is 5.85. The van der Waals surface area contributed by atoms with Gasteiger partial charge in [0.05, 0.1) is 5.56 Å². The molecule has 3 aromatic carbocycles. The molecule has 0 aliphatic heterocycles. The third-order valence-corrected chi connectivity index (χ3v) is 4.30. The zero-order valence-corrected chi connectivity index (χ0v) is 14.9. The van der Waals surface area contributed by atoms with Gasteiger partial charge >= 0.3 is 0 Å². The van der Waals surface area contributed by atoms with Gasteiger partial charge in [0, 0.05) is 10.7 Å². The predicted molar refractivity (Wildman–Crippen MR) is 102 cm³/mol. The van der Waals surface area contributed by atoms with Gasteiger partial charge in [-0.3, -0.25) is 4.99 Å². The van der Waals surface area contributed by atoms with Gasteiger partial charge in [-0.1, -0.05) is 28.1 Å². The highest BCUT2D eigenvalue weighted by Crippen LogP contribution is 2.30. The number of aliphatic imine (C=N–C) groups is 1. The van der Waals surface area contributed by atoms with Gasteiger partial charge in [0.25, 0.3) is 0 Å². The molecule has 0 saturated heterocycles. The van der Waals surface area contributed by atoms with Crippen LogP contribution in [0.25, 0.3) is 22.6 Å². The monoisotopic (exact) mass is 410 g/mol. The largest absolute Gasteiger partial charge is 0.506 e. The van der Waals surface area contributed by atoms with Crippen molar-refractivity contribution in [2.24, 2.45) is 4.99 Å². The molecule has 1 aromatic heterocycles. The molecule has 0 saturated carbocycles. The maximum absolute atomic E-state index is 13.9. The van der Waals surface area contributed by atoms with Gasteiger partial charge in [-0.05, 0) is 54.1 Å². The van der Waals surface area contributed by atoms with Gasteiger partial charge in [-0.2, -0.15) is 0 Å². The third kappa shape index (κ3) is 3.23. The van der Waals surface area contributed by atoms with Crippen molar-refractivity contribution in [2.75, 3.05) is 0 Å². The Morgan fingerprint density at radius 3 is 2.77 bits per heavy atom. The summed E-state index contributed by atoms with van der Waals surface area (Å²) in [5.74, 6) is -0.0587. The molecule has 0 bridgehead atoms. The van der Waals surface area contributed by atoms with Crippen LogP contribution in [0.2, 0.25) is 0 Å². The Labute approximate surface area is 156 Å². The van der Waals surface area contributed by atoms with E-state index in [1.165, 1.54) is 6.07 Å². The first-order chi connectivity index (χ1) is 12.6. The van der Waals surface area contributed by atoms with Crippen LogP contribution in [0.1, 0.15) is 5.56 Å². The van der Waals surface area contributed by atoms with Gasteiger partial charge in [0.15, 0.2) is 5.58 Å². The molecule has 4 aromatic rings. The van der Waals surface area contributed by atoms with Gasteiger partial charge in [-0.25, -0.2) is 9.37 Å². The van der Waals surface area contributed by atoms with Crippen LogP contribution in [0, 0.1) is 5.82 Å². The van der Waals surface area contributed by atoms with E-state index in [4.69, 9.17) is 4.42 Å². The smallest absolute Gasteiger partial charge is 0.230 e. The van der Waals surface area contributed by atoms with E-state index in [-0.39, 0.29) is 17.5 Å². The first-order valence-electron chi connectivity index (χ1n) is 7.78. The van der Waals surface area contributed by atoms with Gasteiger partial charge in [0.2, 0.25) is 5.89 Å². The summed E-state index contributed by atoms with van der Waals surface area (Å²) in [7, 11) is 0. The van der Waals surface area contributed by atoms with Crippen molar-refractivity contribution in [1.29, 1.82) is 0 Å². The molecule has 0 unspecified atom stereocenters. The Balaban J connectivity index is 1.69.